The van der Waals surface area contributed by atoms with Crippen LogP contribution >= 0.6 is 0 Å². The lowest BCUT2D eigenvalue weighted by Crippen LogP contribution is -2.25. The zero-order valence-electron chi connectivity index (χ0n) is 12.7. The average Bonchev–Trinajstić information content (AvgIpc) is 2.88. The fourth-order valence-electron chi connectivity index (χ4n) is 3.11. The lowest BCUT2D eigenvalue weighted by Gasteiger charge is -2.22. The molecule has 1 aliphatic rings. The van der Waals surface area contributed by atoms with E-state index in [1.54, 1.807) is 0 Å². The highest BCUT2D eigenvalue weighted by Gasteiger charge is 2.18. The summed E-state index contributed by atoms with van der Waals surface area (Å²) in [6, 6.07) is 2.88. The van der Waals surface area contributed by atoms with Crippen molar-refractivity contribution >= 4 is 0 Å². The van der Waals surface area contributed by atoms with Crippen LogP contribution in [0.1, 0.15) is 57.7 Å². The molecule has 1 saturated carbocycles. The SMILES string of the molecule is CNCC(Cc1ccn(C2CCCCC2)n1)C(C)C. The molecule has 0 radical (unpaired) electrons. The molecule has 1 aromatic rings. The van der Waals surface area contributed by atoms with Crippen LogP contribution in [0.15, 0.2) is 12.3 Å². The normalized spacial score (nSPS) is 18.9. The van der Waals surface area contributed by atoms with Crippen LogP contribution in [0.4, 0.5) is 0 Å². The quantitative estimate of drug-likeness (QED) is 0.852. The van der Waals surface area contributed by atoms with E-state index >= 15 is 0 Å². The van der Waals surface area contributed by atoms with Gasteiger partial charge in [0.2, 0.25) is 0 Å². The number of nitrogens with one attached hydrogen (secondary N) is 1. The average molecular weight is 263 g/mol. The van der Waals surface area contributed by atoms with Crippen LogP contribution in [-0.2, 0) is 6.42 Å². The summed E-state index contributed by atoms with van der Waals surface area (Å²) in [4.78, 5) is 0. The summed E-state index contributed by atoms with van der Waals surface area (Å²) < 4.78 is 2.23. The van der Waals surface area contributed by atoms with E-state index in [0.29, 0.717) is 17.9 Å². The second-order valence-corrected chi connectivity index (χ2v) is 6.34. The van der Waals surface area contributed by atoms with Crippen molar-refractivity contribution in [1.29, 1.82) is 0 Å². The molecule has 0 saturated heterocycles. The van der Waals surface area contributed by atoms with E-state index in [-0.39, 0.29) is 0 Å². The first-order valence-electron chi connectivity index (χ1n) is 7.89. The van der Waals surface area contributed by atoms with Crippen molar-refractivity contribution in [3.05, 3.63) is 18.0 Å². The van der Waals surface area contributed by atoms with Crippen molar-refractivity contribution in [2.24, 2.45) is 11.8 Å². The van der Waals surface area contributed by atoms with Crippen molar-refractivity contribution in [3.8, 4) is 0 Å². The molecule has 1 atom stereocenters. The Hall–Kier alpha value is -0.830. The molecule has 1 N–H and O–H groups in total. The lowest BCUT2D eigenvalue weighted by molar-refractivity contribution is 0.323. The Labute approximate surface area is 117 Å². The molecule has 1 aromatic heterocycles. The molecule has 1 unspecified atom stereocenters. The van der Waals surface area contributed by atoms with E-state index in [0.717, 1.165) is 13.0 Å². The van der Waals surface area contributed by atoms with E-state index < -0.39 is 0 Å². The van der Waals surface area contributed by atoms with Crippen LogP contribution in [0, 0.1) is 11.8 Å². The van der Waals surface area contributed by atoms with E-state index in [4.69, 9.17) is 5.10 Å². The summed E-state index contributed by atoms with van der Waals surface area (Å²) in [5.74, 6) is 1.38. The van der Waals surface area contributed by atoms with Crippen molar-refractivity contribution in [2.75, 3.05) is 13.6 Å². The third kappa shape index (κ3) is 4.07. The number of hydrogen-bond donors (Lipinski definition) is 1. The molecule has 0 aromatic carbocycles. The smallest absolute Gasteiger partial charge is 0.0628 e. The molecular formula is C16H29N3. The Morgan fingerprint density at radius 2 is 2.05 bits per heavy atom. The second kappa shape index (κ2) is 7.09. The third-order valence-corrected chi connectivity index (χ3v) is 4.49. The molecule has 1 fully saturated rings. The van der Waals surface area contributed by atoms with Crippen LogP contribution in [0.2, 0.25) is 0 Å². The van der Waals surface area contributed by atoms with Gasteiger partial charge in [0.1, 0.15) is 0 Å². The van der Waals surface area contributed by atoms with Crippen LogP contribution in [-0.4, -0.2) is 23.4 Å². The maximum Gasteiger partial charge on any atom is 0.0628 e. The monoisotopic (exact) mass is 263 g/mol. The number of hydrogen-bond acceptors (Lipinski definition) is 2. The van der Waals surface area contributed by atoms with Gasteiger partial charge in [0, 0.05) is 6.20 Å². The molecule has 0 spiro atoms. The van der Waals surface area contributed by atoms with Gasteiger partial charge >= 0.3 is 0 Å². The number of nitrogens with zero attached hydrogens (tertiary/aromatic N) is 2. The largest absolute Gasteiger partial charge is 0.319 e. The summed E-state index contributed by atoms with van der Waals surface area (Å²) in [5, 5.41) is 8.13. The minimum Gasteiger partial charge on any atom is -0.319 e. The van der Waals surface area contributed by atoms with Gasteiger partial charge in [-0.2, -0.15) is 5.10 Å². The summed E-state index contributed by atoms with van der Waals surface area (Å²) in [5.41, 5.74) is 1.26. The molecule has 1 heterocycles. The summed E-state index contributed by atoms with van der Waals surface area (Å²) in [6.07, 6.45) is 10.1. The van der Waals surface area contributed by atoms with Crippen LogP contribution in [0.3, 0.4) is 0 Å². The van der Waals surface area contributed by atoms with Gasteiger partial charge in [-0.1, -0.05) is 33.1 Å². The molecule has 1 aliphatic carbocycles. The highest BCUT2D eigenvalue weighted by molar-refractivity contribution is 5.02. The van der Waals surface area contributed by atoms with E-state index in [9.17, 15) is 0 Å². The Balaban J connectivity index is 1.95. The highest BCUT2D eigenvalue weighted by Crippen LogP contribution is 2.27. The molecule has 0 aliphatic heterocycles. The zero-order chi connectivity index (χ0) is 13.7. The molecule has 3 heteroatoms. The second-order valence-electron chi connectivity index (χ2n) is 6.34. The predicted octanol–water partition coefficient (Wildman–Crippen LogP) is 3.42. The summed E-state index contributed by atoms with van der Waals surface area (Å²) in [6.45, 7) is 5.69. The Morgan fingerprint density at radius 3 is 2.68 bits per heavy atom. The molecule has 108 valence electrons. The fraction of sp³-hybridized carbons (Fsp3) is 0.812. The van der Waals surface area contributed by atoms with Crippen molar-refractivity contribution in [2.45, 2.75) is 58.4 Å². The lowest BCUT2D eigenvalue weighted by atomic mass is 9.91. The molecule has 3 nitrogen and oxygen atoms in total. The first-order valence-corrected chi connectivity index (χ1v) is 7.89. The number of aromatic nitrogens is 2. The van der Waals surface area contributed by atoms with Gasteiger partial charge in [-0.3, -0.25) is 4.68 Å². The predicted molar refractivity (Wildman–Crippen MR) is 80.3 cm³/mol. The van der Waals surface area contributed by atoms with Crippen LogP contribution in [0.5, 0.6) is 0 Å². The van der Waals surface area contributed by atoms with E-state index in [2.05, 4.69) is 36.1 Å². The molecule has 0 amide bonds. The van der Waals surface area contributed by atoms with Crippen molar-refractivity contribution in [3.63, 3.8) is 0 Å². The topological polar surface area (TPSA) is 29.9 Å². The Morgan fingerprint density at radius 1 is 1.32 bits per heavy atom. The van der Waals surface area contributed by atoms with Gasteiger partial charge in [0.15, 0.2) is 0 Å². The van der Waals surface area contributed by atoms with Gasteiger partial charge in [-0.05, 0) is 50.8 Å². The Bertz CT molecular complexity index is 364. The van der Waals surface area contributed by atoms with Gasteiger partial charge in [0.05, 0.1) is 11.7 Å². The maximum absolute atomic E-state index is 4.83. The molecular weight excluding hydrogens is 234 g/mol. The highest BCUT2D eigenvalue weighted by atomic mass is 15.3. The standard InChI is InChI=1S/C16H29N3/c1-13(2)14(12-17-3)11-15-9-10-19(18-15)16-7-5-4-6-8-16/h9-10,13-14,16-17H,4-8,11-12H2,1-3H3. The number of rotatable bonds is 6. The summed E-state index contributed by atoms with van der Waals surface area (Å²) in [7, 11) is 2.04. The Kier molecular flexibility index (Phi) is 5.44. The van der Waals surface area contributed by atoms with Gasteiger partial charge in [-0.25, -0.2) is 0 Å². The molecule has 2 rings (SSSR count). The van der Waals surface area contributed by atoms with Gasteiger partial charge in [-0.15, -0.1) is 0 Å². The van der Waals surface area contributed by atoms with E-state index in [1.807, 2.05) is 7.05 Å². The minimum atomic E-state index is 0.657. The summed E-state index contributed by atoms with van der Waals surface area (Å²) >= 11 is 0. The fourth-order valence-corrected chi connectivity index (χ4v) is 3.11. The maximum atomic E-state index is 4.83. The van der Waals surface area contributed by atoms with Crippen LogP contribution < -0.4 is 5.32 Å². The first kappa shape index (κ1) is 14.6. The third-order valence-electron chi connectivity index (χ3n) is 4.49. The van der Waals surface area contributed by atoms with Crippen molar-refractivity contribution < 1.29 is 0 Å². The molecule has 19 heavy (non-hydrogen) atoms. The minimum absolute atomic E-state index is 0.657. The van der Waals surface area contributed by atoms with Gasteiger partial charge < -0.3 is 5.32 Å². The van der Waals surface area contributed by atoms with Crippen molar-refractivity contribution in [1.82, 2.24) is 15.1 Å². The van der Waals surface area contributed by atoms with Gasteiger partial charge in [0.25, 0.3) is 0 Å². The molecule has 0 bridgehead atoms. The van der Waals surface area contributed by atoms with Crippen LogP contribution in [0.25, 0.3) is 0 Å². The zero-order valence-corrected chi connectivity index (χ0v) is 12.7. The first-order chi connectivity index (χ1) is 9.20. The van der Waals surface area contributed by atoms with E-state index in [1.165, 1.54) is 37.8 Å².